The van der Waals surface area contributed by atoms with E-state index in [-0.39, 0.29) is 17.8 Å². The number of carbonyl (C=O) groups excluding carboxylic acids is 3. The van der Waals surface area contributed by atoms with Crippen LogP contribution in [0.4, 0.5) is 4.79 Å². The zero-order valence-electron chi connectivity index (χ0n) is 24.1. The van der Waals surface area contributed by atoms with Gasteiger partial charge >= 0.3 is 12.0 Å². The van der Waals surface area contributed by atoms with Gasteiger partial charge in [-0.25, -0.2) is 9.78 Å². The van der Waals surface area contributed by atoms with Crippen LogP contribution in [0.15, 0.2) is 36.8 Å². The van der Waals surface area contributed by atoms with Crippen LogP contribution in [0, 0.1) is 11.3 Å². The van der Waals surface area contributed by atoms with Gasteiger partial charge in [0.15, 0.2) is 0 Å². The Labute approximate surface area is 248 Å². The first-order valence-electron chi connectivity index (χ1n) is 14.7. The van der Waals surface area contributed by atoms with Crippen molar-refractivity contribution in [1.82, 2.24) is 24.5 Å². The van der Waals surface area contributed by atoms with E-state index in [2.05, 4.69) is 28.1 Å². The summed E-state index contributed by atoms with van der Waals surface area (Å²) in [6, 6.07) is 6.17. The number of aromatic amines is 1. The van der Waals surface area contributed by atoms with E-state index in [1.807, 2.05) is 31.2 Å². The van der Waals surface area contributed by atoms with E-state index in [0.29, 0.717) is 57.7 Å². The fourth-order valence-electron chi connectivity index (χ4n) is 6.26. The molecule has 2 heterocycles. The Bertz CT molecular complexity index is 1130. The minimum absolute atomic E-state index is 0.124. The largest absolute Gasteiger partial charge is 0.497 e. The van der Waals surface area contributed by atoms with Crippen LogP contribution in [0.2, 0.25) is 0 Å². The Kier molecular flexibility index (Phi) is 11.0. The van der Waals surface area contributed by atoms with Crippen molar-refractivity contribution in [3.63, 3.8) is 0 Å². The Morgan fingerprint density at radius 2 is 1.88 bits per heavy atom. The van der Waals surface area contributed by atoms with Gasteiger partial charge in [0.1, 0.15) is 11.8 Å². The summed E-state index contributed by atoms with van der Waals surface area (Å²) in [5, 5.41) is 2.85. The van der Waals surface area contributed by atoms with Gasteiger partial charge in [-0.1, -0.05) is 44.2 Å². The summed E-state index contributed by atoms with van der Waals surface area (Å²) in [5.41, 5.74) is 1.16. The number of nitrogens with one attached hydrogen (secondary N) is 2. The molecule has 1 aliphatic heterocycles. The van der Waals surface area contributed by atoms with E-state index in [1.54, 1.807) is 24.5 Å². The third kappa shape index (κ3) is 7.55. The molecule has 41 heavy (non-hydrogen) atoms. The standard InChI is InChI=1S/C30H43N5O5S/c1-3-40-28(37)30(23-7-5-4-6-8-23)14-17-34(18-15-30)27(36)26(19-22-9-11-25(39-2)12-10-22)35(41)29(38)32-16-13-24-20-31-21-33-24/h9-12,20-21,23,26,41H,3-8,13-19H2,1-2H3,(H,31,33)(H,32,38)/t26-/m1/s1. The van der Waals surface area contributed by atoms with Crippen LogP contribution in [0.3, 0.4) is 0 Å². The lowest BCUT2D eigenvalue weighted by Crippen LogP contribution is -2.56. The number of rotatable bonds is 11. The molecule has 2 N–H and O–H groups in total. The van der Waals surface area contributed by atoms with Crippen molar-refractivity contribution in [1.29, 1.82) is 0 Å². The molecule has 2 aliphatic rings. The lowest BCUT2D eigenvalue weighted by Gasteiger charge is -2.46. The Balaban J connectivity index is 1.47. The average Bonchev–Trinajstić information content (AvgIpc) is 3.53. The molecule has 2 aromatic rings. The van der Waals surface area contributed by atoms with E-state index < -0.39 is 17.5 Å². The number of nitrogens with zero attached hydrogens (tertiary/aromatic N) is 3. The Morgan fingerprint density at radius 1 is 1.17 bits per heavy atom. The third-order valence-electron chi connectivity index (χ3n) is 8.62. The second-order valence-electron chi connectivity index (χ2n) is 11.0. The van der Waals surface area contributed by atoms with Gasteiger partial charge < -0.3 is 24.7 Å². The number of carbonyl (C=O) groups is 3. The van der Waals surface area contributed by atoms with E-state index in [9.17, 15) is 14.4 Å². The molecule has 0 spiro atoms. The molecule has 0 bridgehead atoms. The molecule has 0 radical (unpaired) electrons. The maximum Gasteiger partial charge on any atom is 0.327 e. The SMILES string of the molecule is CCOC(=O)C1(C2CCCCC2)CCN(C(=O)[C@@H](Cc2ccc(OC)cc2)N(S)C(=O)NCCc2c[nH]cn2)CC1. The fourth-order valence-corrected chi connectivity index (χ4v) is 6.51. The molecule has 10 nitrogen and oxygen atoms in total. The highest BCUT2D eigenvalue weighted by molar-refractivity contribution is 7.78. The monoisotopic (exact) mass is 585 g/mol. The number of hydrogen-bond donors (Lipinski definition) is 3. The summed E-state index contributed by atoms with van der Waals surface area (Å²) in [7, 11) is 1.60. The van der Waals surface area contributed by atoms with Crippen LogP contribution in [0.25, 0.3) is 0 Å². The number of urea groups is 1. The molecule has 11 heteroatoms. The number of likely N-dealkylation sites (tertiary alicyclic amines) is 1. The zero-order chi connectivity index (χ0) is 29.2. The smallest absolute Gasteiger partial charge is 0.327 e. The van der Waals surface area contributed by atoms with Gasteiger partial charge in [-0.05, 0) is 56.2 Å². The van der Waals surface area contributed by atoms with Crippen molar-refractivity contribution < 1.29 is 23.9 Å². The summed E-state index contributed by atoms with van der Waals surface area (Å²) in [4.78, 5) is 49.3. The van der Waals surface area contributed by atoms with Crippen molar-refractivity contribution in [3.8, 4) is 5.75 Å². The number of ether oxygens (including phenoxy) is 2. The second-order valence-corrected chi connectivity index (χ2v) is 11.4. The van der Waals surface area contributed by atoms with Crippen molar-refractivity contribution in [2.24, 2.45) is 11.3 Å². The molecule has 1 saturated carbocycles. The van der Waals surface area contributed by atoms with Crippen LogP contribution >= 0.6 is 12.8 Å². The van der Waals surface area contributed by atoms with Crippen LogP contribution in [0.1, 0.15) is 63.1 Å². The van der Waals surface area contributed by atoms with Crippen LogP contribution in [-0.2, 0) is 27.2 Å². The maximum absolute atomic E-state index is 14.0. The number of methoxy groups -OCH3 is 1. The minimum atomic E-state index is -0.832. The first-order chi connectivity index (χ1) is 19.9. The first-order valence-corrected chi connectivity index (χ1v) is 15.1. The Hall–Kier alpha value is -3.21. The third-order valence-corrected chi connectivity index (χ3v) is 9.09. The lowest BCUT2D eigenvalue weighted by atomic mass is 9.63. The minimum Gasteiger partial charge on any atom is -0.497 e. The van der Waals surface area contributed by atoms with E-state index >= 15 is 0 Å². The highest BCUT2D eigenvalue weighted by Crippen LogP contribution is 2.47. The van der Waals surface area contributed by atoms with Crippen molar-refractivity contribution in [3.05, 3.63) is 48.0 Å². The van der Waals surface area contributed by atoms with Crippen molar-refractivity contribution >= 4 is 30.7 Å². The number of hydrogen-bond acceptors (Lipinski definition) is 7. The molecule has 0 unspecified atom stereocenters. The maximum atomic E-state index is 14.0. The molecule has 2 fully saturated rings. The molecule has 1 aromatic carbocycles. The van der Waals surface area contributed by atoms with E-state index in [0.717, 1.165) is 36.9 Å². The van der Waals surface area contributed by atoms with Gasteiger partial charge in [-0.3, -0.25) is 13.9 Å². The van der Waals surface area contributed by atoms with Crippen molar-refractivity contribution in [2.75, 3.05) is 33.4 Å². The van der Waals surface area contributed by atoms with E-state index in [4.69, 9.17) is 9.47 Å². The molecule has 1 saturated heterocycles. The van der Waals surface area contributed by atoms with Gasteiger partial charge in [0.05, 0.1) is 31.2 Å². The average molecular weight is 586 g/mol. The normalized spacial score (nSPS) is 17.9. The lowest BCUT2D eigenvalue weighted by molar-refractivity contribution is -0.166. The fraction of sp³-hybridized carbons (Fsp3) is 0.600. The van der Waals surface area contributed by atoms with Crippen molar-refractivity contribution in [2.45, 2.75) is 70.8 Å². The van der Waals surface area contributed by atoms with E-state index in [1.165, 1.54) is 10.7 Å². The molecule has 1 atom stereocenters. The molecule has 3 amide bonds. The van der Waals surface area contributed by atoms with Gasteiger partial charge in [0, 0.05) is 38.7 Å². The Morgan fingerprint density at radius 3 is 2.49 bits per heavy atom. The number of esters is 1. The second kappa shape index (κ2) is 14.6. The molecule has 224 valence electrons. The van der Waals surface area contributed by atoms with Gasteiger partial charge in [0.25, 0.3) is 0 Å². The number of imidazole rings is 1. The summed E-state index contributed by atoms with van der Waals surface area (Å²) in [6.07, 6.45) is 10.9. The highest BCUT2D eigenvalue weighted by Gasteiger charge is 2.49. The number of H-pyrrole nitrogens is 1. The van der Waals surface area contributed by atoms with Gasteiger partial charge in [-0.2, -0.15) is 0 Å². The molecule has 4 rings (SSSR count). The molecular formula is C30H43N5O5S. The number of amides is 3. The summed E-state index contributed by atoms with van der Waals surface area (Å²) in [5.74, 6) is 0.689. The zero-order valence-corrected chi connectivity index (χ0v) is 25.0. The predicted octanol–water partition coefficient (Wildman–Crippen LogP) is 4.18. The van der Waals surface area contributed by atoms with Gasteiger partial charge in [0.2, 0.25) is 5.91 Å². The summed E-state index contributed by atoms with van der Waals surface area (Å²) < 4.78 is 12.1. The molecular weight excluding hydrogens is 542 g/mol. The first kappa shape index (κ1) is 30.7. The van der Waals surface area contributed by atoms with Crippen LogP contribution in [-0.4, -0.2) is 76.5 Å². The quantitative estimate of drug-likeness (QED) is 0.269. The predicted molar refractivity (Wildman–Crippen MR) is 158 cm³/mol. The topological polar surface area (TPSA) is 117 Å². The summed E-state index contributed by atoms with van der Waals surface area (Å²) >= 11 is 4.53. The number of piperidine rings is 1. The number of benzene rings is 1. The van der Waals surface area contributed by atoms with Crippen LogP contribution in [0.5, 0.6) is 5.75 Å². The number of aromatic nitrogens is 2. The van der Waals surface area contributed by atoms with Gasteiger partial charge in [-0.15, -0.1) is 0 Å². The van der Waals surface area contributed by atoms with Crippen LogP contribution < -0.4 is 10.1 Å². The molecule has 1 aliphatic carbocycles. The number of thiol groups is 1. The molecule has 1 aromatic heterocycles. The highest BCUT2D eigenvalue weighted by atomic mass is 32.1. The summed E-state index contributed by atoms with van der Waals surface area (Å²) in [6.45, 7) is 3.43.